The molecule has 176 valence electrons. The number of aromatic amines is 1. The van der Waals surface area contributed by atoms with E-state index >= 15 is 4.39 Å². The molecular formula is C26H32FN3O3. The van der Waals surface area contributed by atoms with Gasteiger partial charge < -0.3 is 25.1 Å². The number of carbonyl (C=O) groups is 1. The monoisotopic (exact) mass is 453 g/mol. The number of fused-ring (bicyclic) bond motifs is 1. The van der Waals surface area contributed by atoms with E-state index in [-0.39, 0.29) is 17.7 Å². The maximum Gasteiger partial charge on any atom is 0.255 e. The fourth-order valence-electron chi connectivity index (χ4n) is 4.04. The molecule has 0 radical (unpaired) electrons. The fraction of sp³-hybridized carbons (Fsp3) is 0.423. The highest BCUT2D eigenvalue weighted by Crippen LogP contribution is 2.29. The van der Waals surface area contributed by atoms with E-state index in [0.29, 0.717) is 35.9 Å². The van der Waals surface area contributed by atoms with Gasteiger partial charge in [-0.3, -0.25) is 4.79 Å². The van der Waals surface area contributed by atoms with Crippen molar-refractivity contribution in [1.82, 2.24) is 10.3 Å². The van der Waals surface area contributed by atoms with Crippen LogP contribution in [0.1, 0.15) is 48.3 Å². The first-order valence-electron chi connectivity index (χ1n) is 11.6. The summed E-state index contributed by atoms with van der Waals surface area (Å²) in [5.74, 6) is 0.377. The molecule has 0 bridgehead atoms. The van der Waals surface area contributed by atoms with Crippen LogP contribution in [0.5, 0.6) is 5.75 Å². The third kappa shape index (κ3) is 5.54. The molecule has 2 heterocycles. The summed E-state index contributed by atoms with van der Waals surface area (Å²) in [5, 5.41) is 6.89. The first-order chi connectivity index (χ1) is 15.9. The van der Waals surface area contributed by atoms with Crippen molar-refractivity contribution in [3.8, 4) is 5.75 Å². The van der Waals surface area contributed by atoms with E-state index in [1.165, 1.54) is 0 Å². The Morgan fingerprint density at radius 1 is 1.24 bits per heavy atom. The summed E-state index contributed by atoms with van der Waals surface area (Å²) in [4.78, 5) is 15.9. The lowest BCUT2D eigenvalue weighted by molar-refractivity contribution is 0.0679. The molecule has 4 rings (SSSR count). The number of benzene rings is 2. The highest BCUT2D eigenvalue weighted by atomic mass is 19.1. The summed E-state index contributed by atoms with van der Waals surface area (Å²) < 4.78 is 26.5. The average molecular weight is 454 g/mol. The molecule has 1 saturated heterocycles. The van der Waals surface area contributed by atoms with Gasteiger partial charge in [0, 0.05) is 29.8 Å². The maximum atomic E-state index is 15.2. The second-order valence-electron chi connectivity index (χ2n) is 9.03. The molecule has 7 heteroatoms. The van der Waals surface area contributed by atoms with Crippen molar-refractivity contribution < 1.29 is 18.7 Å². The lowest BCUT2D eigenvalue weighted by Gasteiger charge is -2.12. The minimum absolute atomic E-state index is 0.133. The van der Waals surface area contributed by atoms with Crippen LogP contribution in [-0.2, 0) is 11.3 Å². The Kier molecular flexibility index (Phi) is 7.30. The number of hydrogen-bond acceptors (Lipinski definition) is 4. The van der Waals surface area contributed by atoms with Gasteiger partial charge in [0.2, 0.25) is 0 Å². The molecular weight excluding hydrogens is 421 g/mol. The molecule has 6 nitrogen and oxygen atoms in total. The quantitative estimate of drug-likeness (QED) is 0.418. The molecule has 1 fully saturated rings. The lowest BCUT2D eigenvalue weighted by Crippen LogP contribution is -2.19. The summed E-state index contributed by atoms with van der Waals surface area (Å²) in [6.45, 7) is 9.08. The van der Waals surface area contributed by atoms with Gasteiger partial charge in [-0.2, -0.15) is 0 Å². The fourth-order valence-corrected chi connectivity index (χ4v) is 4.04. The average Bonchev–Trinajstić information content (AvgIpc) is 3.43. The van der Waals surface area contributed by atoms with E-state index in [2.05, 4.69) is 29.5 Å². The topological polar surface area (TPSA) is 75.4 Å². The van der Waals surface area contributed by atoms with Crippen LogP contribution in [0.2, 0.25) is 0 Å². The summed E-state index contributed by atoms with van der Waals surface area (Å²) >= 11 is 0. The number of halogens is 1. The van der Waals surface area contributed by atoms with Gasteiger partial charge in [-0.05, 0) is 68.1 Å². The molecule has 1 amide bonds. The predicted octanol–water partition coefficient (Wildman–Crippen LogP) is 5.17. The van der Waals surface area contributed by atoms with Gasteiger partial charge >= 0.3 is 0 Å². The molecule has 3 aromatic rings. The molecule has 0 saturated carbocycles. The molecule has 1 aliphatic heterocycles. The Balaban J connectivity index is 1.42. The van der Waals surface area contributed by atoms with E-state index in [0.717, 1.165) is 42.6 Å². The van der Waals surface area contributed by atoms with Gasteiger partial charge in [-0.1, -0.05) is 19.9 Å². The Bertz CT molecular complexity index is 1100. The van der Waals surface area contributed by atoms with E-state index in [1.54, 1.807) is 30.3 Å². The molecule has 0 aliphatic carbocycles. The number of aryl methyl sites for hydroxylation is 1. The van der Waals surface area contributed by atoms with Crippen LogP contribution in [0.3, 0.4) is 0 Å². The zero-order valence-electron chi connectivity index (χ0n) is 19.5. The van der Waals surface area contributed by atoms with Crippen molar-refractivity contribution in [1.29, 1.82) is 0 Å². The lowest BCUT2D eigenvalue weighted by atomic mass is 10.1. The largest absolute Gasteiger partial charge is 0.491 e. The SMILES string of the molecule is Cc1c(CNCC(C)C)[nH]c2c(F)c(NC(=O)c3ccc(OC[C@@H]4CCCO4)cc3)ccc12. The number of anilines is 1. The van der Waals surface area contributed by atoms with Gasteiger partial charge in [0.15, 0.2) is 5.82 Å². The van der Waals surface area contributed by atoms with Crippen LogP contribution in [-0.4, -0.2) is 36.8 Å². The Morgan fingerprint density at radius 2 is 2.03 bits per heavy atom. The van der Waals surface area contributed by atoms with Crippen LogP contribution in [0.4, 0.5) is 10.1 Å². The van der Waals surface area contributed by atoms with Gasteiger partial charge in [0.1, 0.15) is 12.4 Å². The second kappa shape index (κ2) is 10.4. The summed E-state index contributed by atoms with van der Waals surface area (Å²) in [6.07, 6.45) is 2.20. The van der Waals surface area contributed by atoms with Gasteiger partial charge in [0.25, 0.3) is 5.91 Å². The Labute approximate surface area is 193 Å². The van der Waals surface area contributed by atoms with Crippen molar-refractivity contribution in [2.45, 2.75) is 46.3 Å². The van der Waals surface area contributed by atoms with Crippen molar-refractivity contribution in [3.63, 3.8) is 0 Å². The maximum absolute atomic E-state index is 15.2. The van der Waals surface area contributed by atoms with Crippen LogP contribution < -0.4 is 15.4 Å². The van der Waals surface area contributed by atoms with Gasteiger partial charge in [-0.15, -0.1) is 0 Å². The zero-order chi connectivity index (χ0) is 23.4. The standard InChI is InChI=1S/C26H32FN3O3/c1-16(2)13-28-14-23-17(3)21-10-11-22(24(27)25(21)29-23)30-26(31)18-6-8-19(9-7-18)33-15-20-5-4-12-32-20/h6-11,16,20,28-29H,4-5,12-15H2,1-3H3,(H,30,31)/t20-/m0/s1. The number of amides is 1. The summed E-state index contributed by atoms with van der Waals surface area (Å²) in [7, 11) is 0. The van der Waals surface area contributed by atoms with Crippen LogP contribution in [0.25, 0.3) is 10.9 Å². The second-order valence-corrected chi connectivity index (χ2v) is 9.03. The normalized spacial score (nSPS) is 16.0. The minimum atomic E-state index is -0.462. The van der Waals surface area contributed by atoms with Crippen LogP contribution in [0.15, 0.2) is 36.4 Å². The molecule has 1 atom stereocenters. The van der Waals surface area contributed by atoms with E-state index in [4.69, 9.17) is 9.47 Å². The van der Waals surface area contributed by atoms with E-state index in [9.17, 15) is 4.79 Å². The van der Waals surface area contributed by atoms with Crippen molar-refractivity contribution in [3.05, 3.63) is 59.0 Å². The number of hydrogen-bond donors (Lipinski definition) is 3. The van der Waals surface area contributed by atoms with Gasteiger partial charge in [-0.25, -0.2) is 4.39 Å². The zero-order valence-corrected chi connectivity index (χ0v) is 19.5. The predicted molar refractivity (Wildman–Crippen MR) is 128 cm³/mol. The molecule has 2 aromatic carbocycles. The van der Waals surface area contributed by atoms with Crippen LogP contribution in [0, 0.1) is 18.7 Å². The molecule has 0 spiro atoms. The van der Waals surface area contributed by atoms with Crippen molar-refractivity contribution >= 4 is 22.5 Å². The smallest absolute Gasteiger partial charge is 0.255 e. The summed E-state index contributed by atoms with van der Waals surface area (Å²) in [5.41, 5.74) is 2.95. The summed E-state index contributed by atoms with van der Waals surface area (Å²) in [6, 6.07) is 10.3. The number of rotatable bonds is 9. The number of aromatic nitrogens is 1. The first kappa shape index (κ1) is 23.3. The third-order valence-electron chi connectivity index (χ3n) is 5.95. The van der Waals surface area contributed by atoms with Gasteiger partial charge in [0.05, 0.1) is 17.3 Å². The highest BCUT2D eigenvalue weighted by molar-refractivity contribution is 6.05. The van der Waals surface area contributed by atoms with Crippen LogP contribution >= 0.6 is 0 Å². The number of nitrogens with one attached hydrogen (secondary N) is 3. The highest BCUT2D eigenvalue weighted by Gasteiger charge is 2.18. The minimum Gasteiger partial charge on any atom is -0.491 e. The Morgan fingerprint density at radius 3 is 2.73 bits per heavy atom. The molecule has 0 unspecified atom stereocenters. The molecule has 1 aliphatic rings. The van der Waals surface area contributed by atoms with E-state index in [1.807, 2.05) is 13.0 Å². The molecule has 33 heavy (non-hydrogen) atoms. The number of H-pyrrole nitrogens is 1. The number of carbonyl (C=O) groups excluding carboxylic acids is 1. The van der Waals surface area contributed by atoms with Crippen molar-refractivity contribution in [2.75, 3.05) is 25.1 Å². The molecule has 3 N–H and O–H groups in total. The number of ether oxygens (including phenoxy) is 2. The Hall–Kier alpha value is -2.90. The third-order valence-corrected chi connectivity index (χ3v) is 5.95. The first-order valence-corrected chi connectivity index (χ1v) is 11.6. The van der Waals surface area contributed by atoms with Crippen molar-refractivity contribution in [2.24, 2.45) is 5.92 Å². The van der Waals surface area contributed by atoms with E-state index < -0.39 is 5.82 Å². The molecule has 1 aromatic heterocycles.